The molecule has 0 heterocycles. The Kier molecular flexibility index (Phi) is 5.29. The van der Waals surface area contributed by atoms with Crippen LogP contribution in [-0.2, 0) is 14.4 Å². The predicted octanol–water partition coefficient (Wildman–Crippen LogP) is -1.17. The number of carboxylic acids is 1. The maximum absolute atomic E-state index is 10.6. The first-order chi connectivity index (χ1) is 5.66. The van der Waals surface area contributed by atoms with Gasteiger partial charge in [0.2, 0.25) is 0 Å². The van der Waals surface area contributed by atoms with E-state index >= 15 is 0 Å². The summed E-state index contributed by atoms with van der Waals surface area (Å²) < 4.78 is 0. The molecule has 12 heavy (non-hydrogen) atoms. The Morgan fingerprint density at radius 1 is 1.50 bits per heavy atom. The number of aliphatic carboxylic acids is 1. The molecular weight excluding hydrogens is 162 g/mol. The molecule has 5 nitrogen and oxygen atoms in total. The fraction of sp³-hybridized carbons (Fsp3) is 0.143. The second kappa shape index (κ2) is 6.11. The summed E-state index contributed by atoms with van der Waals surface area (Å²) in [7, 11) is 0. The van der Waals surface area contributed by atoms with Gasteiger partial charge in [0, 0.05) is 12.2 Å². The van der Waals surface area contributed by atoms with Crippen LogP contribution < -0.4 is 5.48 Å². The van der Waals surface area contributed by atoms with Gasteiger partial charge in [-0.25, -0.2) is 9.59 Å². The normalized spacial score (nSPS) is 9.67. The fourth-order valence-electron chi connectivity index (χ4n) is 0.377. The maximum Gasteiger partial charge on any atom is 0.390 e. The Hall–Kier alpha value is -1.62. The summed E-state index contributed by atoms with van der Waals surface area (Å²) in [6.07, 6.45) is 3.10. The fourth-order valence-corrected chi connectivity index (χ4v) is 0.377. The molecule has 0 amide bonds. The zero-order valence-electron chi connectivity index (χ0n) is 6.40. The number of nitrogens with two attached hydrogens (primary N) is 1. The first kappa shape index (κ1) is 10.4. The molecule has 0 bridgehead atoms. The van der Waals surface area contributed by atoms with E-state index in [1.807, 2.05) is 0 Å². The molecule has 3 N–H and O–H groups in total. The first-order valence-electron chi connectivity index (χ1n) is 3.21. The van der Waals surface area contributed by atoms with E-state index in [0.29, 0.717) is 12.6 Å². The zero-order valence-corrected chi connectivity index (χ0v) is 6.40. The van der Waals surface area contributed by atoms with Crippen molar-refractivity contribution in [1.82, 2.24) is 0 Å². The van der Waals surface area contributed by atoms with E-state index in [0.717, 1.165) is 6.08 Å². The minimum Gasteiger partial charge on any atom is -0.478 e. The van der Waals surface area contributed by atoms with E-state index in [1.165, 1.54) is 5.48 Å². The van der Waals surface area contributed by atoms with Gasteiger partial charge in [0.1, 0.15) is 6.54 Å². The zero-order chi connectivity index (χ0) is 9.40. The van der Waals surface area contributed by atoms with Crippen molar-refractivity contribution in [3.05, 3.63) is 24.8 Å². The minimum atomic E-state index is -1.18. The Morgan fingerprint density at radius 2 is 2.17 bits per heavy atom. The van der Waals surface area contributed by atoms with Crippen molar-refractivity contribution in [1.29, 1.82) is 0 Å². The molecule has 5 heteroatoms. The molecule has 0 saturated carbocycles. The SMILES string of the molecule is C=CC[NH2+]OC(=O)/C=C\C(=O)O. The van der Waals surface area contributed by atoms with Crippen molar-refractivity contribution in [2.45, 2.75) is 0 Å². The van der Waals surface area contributed by atoms with Crippen LogP contribution in [0.2, 0.25) is 0 Å². The highest BCUT2D eigenvalue weighted by Gasteiger charge is 1.98. The van der Waals surface area contributed by atoms with Gasteiger partial charge >= 0.3 is 11.9 Å². The number of carbonyl (C=O) groups is 2. The van der Waals surface area contributed by atoms with Crippen molar-refractivity contribution in [2.24, 2.45) is 0 Å². The third kappa shape index (κ3) is 6.50. The molecule has 0 aliphatic carbocycles. The van der Waals surface area contributed by atoms with Crippen LogP contribution in [-0.4, -0.2) is 23.6 Å². The summed E-state index contributed by atoms with van der Waals surface area (Å²) in [6, 6.07) is 0. The van der Waals surface area contributed by atoms with Gasteiger partial charge in [-0.1, -0.05) is 6.58 Å². The Morgan fingerprint density at radius 3 is 2.67 bits per heavy atom. The number of carboxylic acid groups (broad SMARTS) is 1. The molecule has 0 radical (unpaired) electrons. The van der Waals surface area contributed by atoms with Gasteiger partial charge in [0.15, 0.2) is 0 Å². The smallest absolute Gasteiger partial charge is 0.390 e. The highest BCUT2D eigenvalue weighted by molar-refractivity contribution is 5.90. The van der Waals surface area contributed by atoms with Crippen molar-refractivity contribution < 1.29 is 25.0 Å². The summed E-state index contributed by atoms with van der Waals surface area (Å²) in [5.74, 6) is -1.89. The monoisotopic (exact) mass is 172 g/mol. The van der Waals surface area contributed by atoms with Crippen LogP contribution in [0.4, 0.5) is 0 Å². The number of hydrogen-bond acceptors (Lipinski definition) is 3. The van der Waals surface area contributed by atoms with Gasteiger partial charge in [-0.3, -0.25) is 4.84 Å². The molecule has 0 spiro atoms. The van der Waals surface area contributed by atoms with Crippen LogP contribution in [0.15, 0.2) is 24.8 Å². The second-order valence-electron chi connectivity index (χ2n) is 1.80. The molecule has 0 aromatic carbocycles. The quantitative estimate of drug-likeness (QED) is 0.237. The summed E-state index contributed by atoms with van der Waals surface area (Å²) in [6.45, 7) is 3.83. The van der Waals surface area contributed by atoms with Crippen molar-refractivity contribution in [2.75, 3.05) is 6.54 Å². The third-order valence-corrected chi connectivity index (χ3v) is 0.824. The molecule has 0 atom stereocenters. The standard InChI is InChI=1S/C7H9NO4/c1-2-5-8-12-7(11)4-3-6(9)10/h2-4,8H,1,5H2,(H,9,10)/p+1/b4-3-. The lowest BCUT2D eigenvalue weighted by atomic mass is 10.5. The number of hydrogen-bond donors (Lipinski definition) is 2. The number of hydroxylamine groups is 1. The Balaban J connectivity index is 3.59. The predicted molar refractivity (Wildman–Crippen MR) is 39.9 cm³/mol. The molecule has 0 aromatic rings. The van der Waals surface area contributed by atoms with Crippen molar-refractivity contribution in [3.8, 4) is 0 Å². The Bertz CT molecular complexity index is 209. The van der Waals surface area contributed by atoms with E-state index in [-0.39, 0.29) is 0 Å². The minimum absolute atomic E-state index is 0.437. The molecule has 0 aliphatic rings. The van der Waals surface area contributed by atoms with Gasteiger partial charge in [-0.05, 0) is 6.08 Å². The van der Waals surface area contributed by atoms with Crippen LogP contribution in [0, 0.1) is 0 Å². The molecular formula is C7H10NO4+. The van der Waals surface area contributed by atoms with Crippen LogP contribution in [0.1, 0.15) is 0 Å². The lowest BCUT2D eigenvalue weighted by Gasteiger charge is -1.93. The van der Waals surface area contributed by atoms with Gasteiger partial charge in [-0.2, -0.15) is 5.48 Å². The second-order valence-corrected chi connectivity index (χ2v) is 1.80. The van der Waals surface area contributed by atoms with E-state index < -0.39 is 11.9 Å². The van der Waals surface area contributed by atoms with E-state index in [9.17, 15) is 9.59 Å². The summed E-state index contributed by atoms with van der Waals surface area (Å²) in [5.41, 5.74) is 1.24. The third-order valence-electron chi connectivity index (χ3n) is 0.824. The lowest BCUT2D eigenvalue weighted by molar-refractivity contribution is -0.865. The van der Waals surface area contributed by atoms with Gasteiger partial charge < -0.3 is 5.11 Å². The molecule has 0 unspecified atom stereocenters. The van der Waals surface area contributed by atoms with E-state index in [4.69, 9.17) is 5.11 Å². The van der Waals surface area contributed by atoms with Crippen molar-refractivity contribution in [3.63, 3.8) is 0 Å². The number of carbonyl (C=O) groups excluding carboxylic acids is 1. The molecule has 66 valence electrons. The van der Waals surface area contributed by atoms with Crippen LogP contribution in [0.5, 0.6) is 0 Å². The molecule has 0 saturated heterocycles. The molecule has 0 rings (SSSR count). The highest BCUT2D eigenvalue weighted by atomic mass is 16.7. The Labute approximate surface area is 69.3 Å². The highest BCUT2D eigenvalue weighted by Crippen LogP contribution is 1.74. The topological polar surface area (TPSA) is 80.2 Å². The van der Waals surface area contributed by atoms with Crippen LogP contribution in [0.25, 0.3) is 0 Å². The lowest BCUT2D eigenvalue weighted by Crippen LogP contribution is -2.83. The molecule has 0 aromatic heterocycles. The van der Waals surface area contributed by atoms with Gasteiger partial charge in [0.25, 0.3) is 0 Å². The number of quaternary nitrogens is 1. The first-order valence-corrected chi connectivity index (χ1v) is 3.21. The summed E-state index contributed by atoms with van der Waals surface area (Å²) in [4.78, 5) is 24.9. The van der Waals surface area contributed by atoms with Crippen LogP contribution in [0.3, 0.4) is 0 Å². The van der Waals surface area contributed by atoms with E-state index in [1.54, 1.807) is 6.08 Å². The summed E-state index contributed by atoms with van der Waals surface area (Å²) in [5, 5.41) is 8.11. The van der Waals surface area contributed by atoms with Crippen LogP contribution >= 0.6 is 0 Å². The van der Waals surface area contributed by atoms with Gasteiger partial charge in [-0.15, -0.1) is 0 Å². The molecule has 0 aliphatic heterocycles. The molecule has 0 fully saturated rings. The van der Waals surface area contributed by atoms with E-state index in [2.05, 4.69) is 11.4 Å². The number of rotatable bonds is 5. The average Bonchev–Trinajstić information content (AvgIpc) is 2.01. The summed E-state index contributed by atoms with van der Waals surface area (Å²) >= 11 is 0. The largest absolute Gasteiger partial charge is 0.478 e. The maximum atomic E-state index is 10.6. The average molecular weight is 172 g/mol. The van der Waals surface area contributed by atoms with Gasteiger partial charge in [0.05, 0.1) is 0 Å². The van der Waals surface area contributed by atoms with Crippen molar-refractivity contribution >= 4 is 11.9 Å².